The summed E-state index contributed by atoms with van der Waals surface area (Å²) in [6, 6.07) is 0.805. The fourth-order valence-corrected chi connectivity index (χ4v) is 1.47. The normalized spacial score (nSPS) is 15.7. The summed E-state index contributed by atoms with van der Waals surface area (Å²) < 4.78 is 31.9. The maximum atomic E-state index is 13.3. The molecule has 0 saturated heterocycles. The second-order valence-electron chi connectivity index (χ2n) is 3.81. The van der Waals surface area contributed by atoms with Crippen LogP contribution in [0.25, 0.3) is 0 Å². The molecule has 5 heteroatoms. The molecule has 0 aliphatic heterocycles. The first-order chi connectivity index (χ1) is 7.70. The van der Waals surface area contributed by atoms with Crippen molar-refractivity contribution in [1.29, 1.82) is 0 Å². The van der Waals surface area contributed by atoms with Crippen molar-refractivity contribution >= 4 is 5.82 Å². The van der Waals surface area contributed by atoms with Crippen molar-refractivity contribution in [3.05, 3.63) is 17.7 Å². The Hall–Kier alpha value is -1.39. The van der Waals surface area contributed by atoms with Crippen molar-refractivity contribution in [3.8, 4) is 5.88 Å². The summed E-state index contributed by atoms with van der Waals surface area (Å²) in [6.07, 6.45) is 2.94. The molecule has 2 rings (SSSR count). The number of pyridine rings is 1. The Bertz CT molecular complexity index is 380. The van der Waals surface area contributed by atoms with Crippen LogP contribution in [0, 0.1) is 11.6 Å². The number of hydrogen-bond acceptors (Lipinski definition) is 3. The average molecular weight is 228 g/mol. The van der Waals surface area contributed by atoms with Gasteiger partial charge in [-0.3, -0.25) is 0 Å². The first-order valence-corrected chi connectivity index (χ1v) is 5.47. The van der Waals surface area contributed by atoms with E-state index in [1.54, 1.807) is 0 Å². The lowest BCUT2D eigenvalue weighted by atomic mass is 9.96. The van der Waals surface area contributed by atoms with E-state index in [0.717, 1.165) is 25.3 Å². The van der Waals surface area contributed by atoms with Crippen LogP contribution in [0.1, 0.15) is 26.2 Å². The molecule has 3 nitrogen and oxygen atoms in total. The molecule has 0 bridgehead atoms. The van der Waals surface area contributed by atoms with E-state index >= 15 is 0 Å². The summed E-state index contributed by atoms with van der Waals surface area (Å²) in [5.74, 6) is -1.51. The minimum Gasteiger partial charge on any atom is -0.472 e. The molecule has 1 fully saturated rings. The van der Waals surface area contributed by atoms with Gasteiger partial charge in [0.25, 0.3) is 5.88 Å². The van der Waals surface area contributed by atoms with Crippen LogP contribution < -0.4 is 10.1 Å². The second kappa shape index (κ2) is 4.63. The van der Waals surface area contributed by atoms with Gasteiger partial charge in [0.05, 0.1) is 0 Å². The number of nitrogens with zero attached hydrogens (tertiary/aromatic N) is 1. The third kappa shape index (κ3) is 2.23. The van der Waals surface area contributed by atoms with Gasteiger partial charge < -0.3 is 10.1 Å². The van der Waals surface area contributed by atoms with E-state index < -0.39 is 11.6 Å². The van der Waals surface area contributed by atoms with Crippen molar-refractivity contribution < 1.29 is 13.5 Å². The third-order valence-corrected chi connectivity index (χ3v) is 2.57. The van der Waals surface area contributed by atoms with Crippen LogP contribution in [-0.2, 0) is 0 Å². The maximum Gasteiger partial charge on any atom is 0.252 e. The Morgan fingerprint density at radius 2 is 2.19 bits per heavy atom. The second-order valence-corrected chi connectivity index (χ2v) is 3.81. The lowest BCUT2D eigenvalue weighted by Crippen LogP contribution is -2.25. The van der Waals surface area contributed by atoms with Gasteiger partial charge in [0.15, 0.2) is 17.5 Å². The van der Waals surface area contributed by atoms with Crippen LogP contribution >= 0.6 is 0 Å². The van der Waals surface area contributed by atoms with Gasteiger partial charge in [0.1, 0.15) is 6.10 Å². The summed E-state index contributed by atoms with van der Waals surface area (Å²) in [5, 5.41) is 2.72. The lowest BCUT2D eigenvalue weighted by Gasteiger charge is -2.26. The summed E-state index contributed by atoms with van der Waals surface area (Å²) >= 11 is 0. The van der Waals surface area contributed by atoms with Gasteiger partial charge in [0.2, 0.25) is 0 Å². The molecular formula is C11H14F2N2O. The fourth-order valence-electron chi connectivity index (χ4n) is 1.47. The Balaban J connectivity index is 2.18. The van der Waals surface area contributed by atoms with Gasteiger partial charge in [-0.1, -0.05) is 0 Å². The van der Waals surface area contributed by atoms with Crippen molar-refractivity contribution in [2.75, 3.05) is 11.9 Å². The first-order valence-electron chi connectivity index (χ1n) is 5.47. The number of aromatic nitrogens is 1. The SMILES string of the molecule is CCNc1nc(OC2CCC2)c(F)cc1F. The Labute approximate surface area is 92.8 Å². The minimum absolute atomic E-state index is 0.0296. The highest BCUT2D eigenvalue weighted by molar-refractivity contribution is 5.39. The third-order valence-electron chi connectivity index (χ3n) is 2.57. The van der Waals surface area contributed by atoms with E-state index in [9.17, 15) is 8.78 Å². The van der Waals surface area contributed by atoms with Crippen molar-refractivity contribution in [2.24, 2.45) is 0 Å². The number of halogens is 2. The quantitative estimate of drug-likeness (QED) is 0.860. The van der Waals surface area contributed by atoms with Gasteiger partial charge >= 0.3 is 0 Å². The summed E-state index contributed by atoms with van der Waals surface area (Å²) in [7, 11) is 0. The zero-order chi connectivity index (χ0) is 11.5. The Morgan fingerprint density at radius 1 is 1.44 bits per heavy atom. The predicted molar refractivity (Wildman–Crippen MR) is 56.6 cm³/mol. The van der Waals surface area contributed by atoms with Crippen LogP contribution in [-0.4, -0.2) is 17.6 Å². The van der Waals surface area contributed by atoms with Gasteiger partial charge in [-0.15, -0.1) is 0 Å². The molecule has 88 valence electrons. The van der Waals surface area contributed by atoms with Crippen LogP contribution in [0.5, 0.6) is 5.88 Å². The van der Waals surface area contributed by atoms with Crippen molar-refractivity contribution in [2.45, 2.75) is 32.3 Å². The molecule has 0 unspecified atom stereocenters. The molecule has 1 saturated carbocycles. The Morgan fingerprint density at radius 3 is 2.75 bits per heavy atom. The molecule has 1 aromatic heterocycles. The molecule has 0 amide bonds. The highest BCUT2D eigenvalue weighted by Gasteiger charge is 2.22. The number of nitrogens with one attached hydrogen (secondary N) is 1. The van der Waals surface area contributed by atoms with E-state index in [4.69, 9.17) is 4.74 Å². The predicted octanol–water partition coefficient (Wildman–Crippen LogP) is 2.72. The van der Waals surface area contributed by atoms with Crippen molar-refractivity contribution in [3.63, 3.8) is 0 Å². The van der Waals surface area contributed by atoms with Crippen LogP contribution in [0.15, 0.2) is 6.07 Å². The summed E-state index contributed by atoms with van der Waals surface area (Å²) in [4.78, 5) is 3.80. The van der Waals surface area contributed by atoms with E-state index in [1.807, 2.05) is 6.92 Å². The minimum atomic E-state index is -0.744. The van der Waals surface area contributed by atoms with Crippen LogP contribution in [0.4, 0.5) is 14.6 Å². The molecule has 16 heavy (non-hydrogen) atoms. The highest BCUT2D eigenvalue weighted by atomic mass is 19.1. The molecule has 1 heterocycles. The topological polar surface area (TPSA) is 34.2 Å². The van der Waals surface area contributed by atoms with Gasteiger partial charge in [-0.2, -0.15) is 4.98 Å². The maximum absolute atomic E-state index is 13.3. The van der Waals surface area contributed by atoms with Crippen LogP contribution in [0.2, 0.25) is 0 Å². The molecule has 1 aliphatic carbocycles. The van der Waals surface area contributed by atoms with E-state index in [2.05, 4.69) is 10.3 Å². The molecule has 1 aromatic rings. The smallest absolute Gasteiger partial charge is 0.252 e. The molecule has 0 atom stereocenters. The first kappa shape index (κ1) is 11.1. The fraction of sp³-hybridized carbons (Fsp3) is 0.545. The Kier molecular flexibility index (Phi) is 3.22. The largest absolute Gasteiger partial charge is 0.472 e. The molecule has 0 spiro atoms. The van der Waals surface area contributed by atoms with Crippen LogP contribution in [0.3, 0.4) is 0 Å². The van der Waals surface area contributed by atoms with Gasteiger partial charge in [-0.25, -0.2) is 8.78 Å². The standard InChI is InChI=1S/C11H14F2N2O/c1-2-14-10-8(12)6-9(13)11(15-10)16-7-4-3-5-7/h6-7H,2-5H2,1H3,(H,14,15). The molecule has 0 radical (unpaired) electrons. The van der Waals surface area contributed by atoms with Gasteiger partial charge in [-0.05, 0) is 26.2 Å². The molecular weight excluding hydrogens is 214 g/mol. The summed E-state index contributed by atoms with van der Waals surface area (Å²) in [6.45, 7) is 2.34. The van der Waals surface area contributed by atoms with Crippen molar-refractivity contribution in [1.82, 2.24) is 4.98 Å². The monoisotopic (exact) mass is 228 g/mol. The average Bonchev–Trinajstić information content (AvgIpc) is 2.18. The van der Waals surface area contributed by atoms with Gasteiger partial charge in [0, 0.05) is 12.6 Å². The number of rotatable bonds is 4. The number of hydrogen-bond donors (Lipinski definition) is 1. The zero-order valence-corrected chi connectivity index (χ0v) is 9.09. The summed E-state index contributed by atoms with van der Waals surface area (Å²) in [5.41, 5.74) is 0. The molecule has 1 N–H and O–H groups in total. The van der Waals surface area contributed by atoms with E-state index in [0.29, 0.717) is 6.54 Å². The highest BCUT2D eigenvalue weighted by Crippen LogP contribution is 2.27. The number of anilines is 1. The molecule has 1 aliphatic rings. The zero-order valence-electron chi connectivity index (χ0n) is 9.09. The van der Waals surface area contributed by atoms with E-state index in [-0.39, 0.29) is 17.8 Å². The van der Waals surface area contributed by atoms with E-state index in [1.165, 1.54) is 0 Å². The lowest BCUT2D eigenvalue weighted by molar-refractivity contribution is 0.109. The molecule has 0 aromatic carbocycles. The number of ether oxygens (including phenoxy) is 1.